The molecule has 0 unspecified atom stereocenters. The van der Waals surface area contributed by atoms with Crippen LogP contribution in [0.5, 0.6) is 0 Å². The number of Topliss-reactive ketones (excluding diaryl/α,β-unsaturated/α-hetero) is 4. The third-order valence-corrected chi connectivity index (χ3v) is 25.8. The van der Waals surface area contributed by atoms with Crippen LogP contribution in [0.3, 0.4) is 0 Å². The van der Waals surface area contributed by atoms with Crippen molar-refractivity contribution in [3.8, 4) is 0 Å². The zero-order valence-corrected chi connectivity index (χ0v) is 78.3. The lowest BCUT2D eigenvalue weighted by atomic mass is 9.83. The molecule has 722 valence electrons. The Kier molecular flexibility index (Phi) is 41.5. The van der Waals surface area contributed by atoms with Gasteiger partial charge in [-0.25, -0.2) is 4.98 Å². The molecule has 0 saturated carbocycles. The van der Waals surface area contributed by atoms with E-state index in [1.165, 1.54) is 62.3 Å². The van der Waals surface area contributed by atoms with E-state index in [1.807, 2.05) is 27.7 Å². The SMILES string of the molecule is CCCC[C@H]1C(=O)N(C)[C@@H](CCCC)C(=O)C[C@@H](CCCCN)C(=O)N[C@H](C(=O)NCC(N)=O)CSCC(=O)N[C@@H](Cc2ccccc2)C(=O)N(C)[C@@H](C)C(=O)N[C@@H](CC(N)=O)C(=O)N2CCC[C@H]2C(=O)C[C@@H](Cc2cnc[nH]2)C(=O)C[C@@H](CC(C)C)C(=O)N(C)CC(=O)N[C@@H](Cc2c[nH]c3ccccc23)C(=O)C[C@@H](CCC(=O)O)C(=O)N[C@@H](Cc2c[nH]c3ccccc23)C(=O)N1C. The van der Waals surface area contributed by atoms with E-state index >= 15 is 33.6 Å². The van der Waals surface area contributed by atoms with E-state index in [0.717, 1.165) is 21.6 Å². The molecule has 6 aromatic rings. The molecule has 2 saturated heterocycles. The maximum atomic E-state index is 15.9. The van der Waals surface area contributed by atoms with Gasteiger partial charge in [-0.05, 0) is 106 Å². The van der Waals surface area contributed by atoms with Crippen LogP contribution in [0.2, 0.25) is 0 Å². The van der Waals surface area contributed by atoms with Crippen LogP contribution in [0.25, 0.3) is 21.8 Å². The summed E-state index contributed by atoms with van der Waals surface area (Å²) in [5.74, 6) is -20.6. The summed E-state index contributed by atoms with van der Waals surface area (Å²) >= 11 is 0.845. The van der Waals surface area contributed by atoms with Crippen LogP contribution in [0.15, 0.2) is 104 Å². The second kappa shape index (κ2) is 52.1. The van der Waals surface area contributed by atoms with Gasteiger partial charge >= 0.3 is 5.97 Å². The fourth-order valence-electron chi connectivity index (χ4n) is 17.3. The molecule has 3 aromatic heterocycles. The third-order valence-electron chi connectivity index (χ3n) is 24.8. The molecule has 38 heteroatoms. The Morgan fingerprint density at radius 2 is 1.11 bits per heavy atom. The predicted octanol–water partition coefficient (Wildman–Crippen LogP) is 3.96. The van der Waals surface area contributed by atoms with E-state index in [0.29, 0.717) is 82.7 Å². The van der Waals surface area contributed by atoms with Crippen LogP contribution in [0.4, 0.5) is 0 Å². The Labute approximate surface area is 778 Å². The van der Waals surface area contributed by atoms with Crippen molar-refractivity contribution in [1.82, 2.24) is 76.3 Å². The molecule has 3 aromatic carbocycles. The number of para-hydroxylation sites is 2. The number of primary amides is 2. The Balaban J connectivity index is 1.19. The highest BCUT2D eigenvalue weighted by atomic mass is 32.2. The normalized spacial score (nSPS) is 23.7. The van der Waals surface area contributed by atoms with Crippen molar-refractivity contribution in [3.05, 3.63) is 126 Å². The van der Waals surface area contributed by atoms with E-state index in [-0.39, 0.29) is 89.0 Å². The third kappa shape index (κ3) is 31.3. The molecule has 0 bridgehead atoms. The number of aromatic amines is 3. The summed E-state index contributed by atoms with van der Waals surface area (Å²) in [5, 5.41) is 27.7. The van der Waals surface area contributed by atoms with Gasteiger partial charge in [0.25, 0.3) is 0 Å². The molecule has 16 N–H and O–H groups in total. The van der Waals surface area contributed by atoms with Gasteiger partial charge in [-0.1, -0.05) is 127 Å². The number of H-pyrrole nitrogens is 3. The van der Waals surface area contributed by atoms with E-state index in [2.05, 4.69) is 51.8 Å². The number of hydrogen-bond donors (Lipinski definition) is 13. The number of carboxylic acid groups (broad SMARTS) is 1. The van der Waals surface area contributed by atoms with Crippen molar-refractivity contribution in [3.63, 3.8) is 0 Å². The molecule has 133 heavy (non-hydrogen) atoms. The number of nitrogens with one attached hydrogen (secondary N) is 9. The first-order valence-electron chi connectivity index (χ1n) is 45.8. The number of aliphatic carboxylic acids is 1. The highest BCUT2D eigenvalue weighted by molar-refractivity contribution is 8.00. The monoisotopic (exact) mass is 1860 g/mol. The maximum Gasteiger partial charge on any atom is 0.303 e. The Morgan fingerprint density at radius 3 is 1.72 bits per heavy atom. The van der Waals surface area contributed by atoms with Gasteiger partial charge < -0.3 is 93.7 Å². The zero-order chi connectivity index (χ0) is 97.3. The van der Waals surface area contributed by atoms with Gasteiger partial charge in [0.1, 0.15) is 42.0 Å². The van der Waals surface area contributed by atoms with Crippen molar-refractivity contribution in [1.29, 1.82) is 0 Å². The summed E-state index contributed by atoms with van der Waals surface area (Å²) in [7, 11) is 5.45. The number of carbonyl (C=O) groups is 18. The van der Waals surface area contributed by atoms with Crippen LogP contribution in [-0.2, 0) is 112 Å². The zero-order valence-electron chi connectivity index (χ0n) is 77.5. The molecule has 0 radical (unpaired) electrons. The van der Waals surface area contributed by atoms with Gasteiger partial charge in [-0.3, -0.25) is 86.3 Å². The number of likely N-dealkylation sites (N-methyl/N-ethyl adjacent to an activating group) is 4. The molecule has 2 aliphatic rings. The minimum absolute atomic E-state index is 0.0342. The van der Waals surface area contributed by atoms with E-state index in [4.69, 9.17) is 17.2 Å². The summed E-state index contributed by atoms with van der Waals surface area (Å²) < 4.78 is 0. The number of nitrogens with two attached hydrogens (primary N) is 3. The van der Waals surface area contributed by atoms with Gasteiger partial charge in [0, 0.05) is 162 Å². The number of imidazole rings is 1. The average Bonchev–Trinajstić information content (AvgIpc) is 0.880. The number of carboxylic acids is 1. The number of nitrogens with zero attached hydrogens (tertiary/aromatic N) is 6. The van der Waals surface area contributed by atoms with Crippen molar-refractivity contribution in [2.75, 3.05) is 65.9 Å². The minimum Gasteiger partial charge on any atom is -0.481 e. The molecule has 2 aliphatic heterocycles. The van der Waals surface area contributed by atoms with E-state index in [1.54, 1.807) is 91.3 Å². The topological polar surface area (TPSA) is 554 Å². The quantitative estimate of drug-likeness (QED) is 0.0309. The molecule has 5 heterocycles. The van der Waals surface area contributed by atoms with Crippen molar-refractivity contribution in [2.45, 2.75) is 237 Å². The molecule has 0 spiro atoms. The number of amides is 13. The van der Waals surface area contributed by atoms with Crippen LogP contribution in [-0.4, -0.2) is 276 Å². The first-order valence-corrected chi connectivity index (χ1v) is 47.0. The molecule has 2 fully saturated rings. The number of hydrogen-bond acceptors (Lipinski definition) is 21. The molecule has 13 amide bonds. The summed E-state index contributed by atoms with van der Waals surface area (Å²) in [6.45, 7) is 7.57. The maximum absolute atomic E-state index is 15.9. The van der Waals surface area contributed by atoms with Gasteiger partial charge in [0.2, 0.25) is 76.8 Å². The summed E-state index contributed by atoms with van der Waals surface area (Å²) in [5.41, 5.74) is 20.6. The highest BCUT2D eigenvalue weighted by Crippen LogP contribution is 2.31. The Morgan fingerprint density at radius 1 is 0.549 bits per heavy atom. The number of unbranched alkanes of at least 4 members (excludes halogenated alkanes) is 3. The molecule has 0 aliphatic carbocycles. The molecular weight excluding hydrogens is 1730 g/mol. The molecule has 8 rings (SSSR count). The number of fused-ring (bicyclic) bond motifs is 3. The molecule has 37 nitrogen and oxygen atoms in total. The Hall–Kier alpha value is -12.5. The lowest BCUT2D eigenvalue weighted by molar-refractivity contribution is -0.149. The lowest BCUT2D eigenvalue weighted by Crippen LogP contribution is -2.58. The van der Waals surface area contributed by atoms with Gasteiger partial charge in [-0.2, -0.15) is 0 Å². The number of benzene rings is 3. The van der Waals surface area contributed by atoms with Crippen molar-refractivity contribution in [2.24, 2.45) is 46.8 Å². The molecular formula is C95H132N18O19S. The number of thioether (sulfide) groups is 1. The molecule has 13 atom stereocenters. The fourth-order valence-corrected chi connectivity index (χ4v) is 18.2. The number of aromatic nitrogens is 4. The van der Waals surface area contributed by atoms with E-state index in [9.17, 15) is 57.8 Å². The number of rotatable bonds is 28. The van der Waals surface area contributed by atoms with Crippen LogP contribution in [0, 0.1) is 29.6 Å². The first kappa shape index (κ1) is 106. The van der Waals surface area contributed by atoms with Gasteiger partial charge in [0.15, 0.2) is 17.3 Å². The van der Waals surface area contributed by atoms with Crippen LogP contribution < -0.4 is 49.1 Å². The minimum atomic E-state index is -1.69. The highest BCUT2D eigenvalue weighted by Gasteiger charge is 2.44. The van der Waals surface area contributed by atoms with Crippen LogP contribution >= 0.6 is 11.8 Å². The van der Waals surface area contributed by atoms with Gasteiger partial charge in [-0.15, -0.1) is 11.8 Å². The number of ketones is 4. The standard InChI is InChI=1S/C95H132N18O19S/c1-10-12-31-75-80(116)44-59(26-21-22-36-96)88(125)108-74(90(127)102-51-83(98)119)53-133-54-85(121)105-71(39-58-24-15-14-16-25-58)92(129)110(7)57(5)87(124)106-73(47-82(97)118)94(131)113-37-23-33-76(113)81(117)45-61(40-65-50-99-55-103-65)78(114)46-62(38-56(3)4)91(128)109(6)52-84(120)104-70(41-63-48-100-68-29-19-17-27-66(63)68)79(115)43-60(34-35-86(122)123)89(126)107-72(42-64-49-101-69-30-20-18-28-67(64)69)93(130)112(9)77(32-13-11-2)95(132)111(75)8/h14-20,24-25,27-30,48-50,55-57,59-62,70-77,100-101H,10-13,21-23,26,31-47,51-54,96H2,1-9H3,(H2,97,118)(H2,98,119)(H,99,103)(H,102,127)(H,104,120)(H,105,121)(H,106,124)(H,107,126)(H,108,125)(H,122,123)/t57-,59+,60+,61+,62+,70-,71-,72-,73-,74-,75-,76-,77-/m0/s1. The second-order valence-corrected chi connectivity index (χ2v) is 36.5. The predicted molar refractivity (Wildman–Crippen MR) is 498 cm³/mol. The number of carbonyl (C=O) groups excluding carboxylic acids is 17. The summed E-state index contributed by atoms with van der Waals surface area (Å²) in [4.78, 5) is 282. The largest absolute Gasteiger partial charge is 0.481 e. The van der Waals surface area contributed by atoms with Crippen LogP contribution in [0.1, 0.15) is 179 Å². The van der Waals surface area contributed by atoms with E-state index < -0.39 is 248 Å². The van der Waals surface area contributed by atoms with Gasteiger partial charge in [0.05, 0.1) is 49.7 Å². The summed E-state index contributed by atoms with van der Waals surface area (Å²) in [6.07, 6.45) is 4.79. The second-order valence-electron chi connectivity index (χ2n) is 35.4. The Bertz CT molecular complexity index is 5060. The smallest absolute Gasteiger partial charge is 0.303 e. The average molecular weight is 1860 g/mol. The van der Waals surface area contributed by atoms with Crippen molar-refractivity contribution >= 4 is 139 Å². The lowest BCUT2D eigenvalue weighted by Gasteiger charge is -2.36. The summed E-state index contributed by atoms with van der Waals surface area (Å²) in [6, 6.07) is 10.1. The fraction of sp³-hybridized carbons (Fsp3) is 0.547. The first-order chi connectivity index (χ1) is 63.4. The van der Waals surface area contributed by atoms with Crippen molar-refractivity contribution < 1.29 is 91.4 Å².